The zero-order chi connectivity index (χ0) is 25.9. The molecule has 0 unspecified atom stereocenters. The van der Waals surface area contributed by atoms with E-state index in [-0.39, 0.29) is 17.3 Å². The first kappa shape index (κ1) is 23.5. The van der Waals surface area contributed by atoms with E-state index in [0.29, 0.717) is 17.0 Å². The minimum Gasteiger partial charge on any atom is -0.483 e. The molecule has 0 bridgehead atoms. The number of carbonyl (C=O) groups is 1. The number of hydrogen-bond donors (Lipinski definition) is 1. The molecule has 1 N–H and O–H groups in total. The lowest BCUT2D eigenvalue weighted by atomic mass is 9.88. The molecule has 0 spiro atoms. The maximum absolute atomic E-state index is 12.7. The zero-order valence-electron chi connectivity index (χ0n) is 21.2. The Morgan fingerprint density at radius 3 is 2.42 bits per heavy atom. The average Bonchev–Trinajstić information content (AvgIpc) is 3.05. The number of carboxylic acid groups (broad SMARTS) is 1. The summed E-state index contributed by atoms with van der Waals surface area (Å²) in [5, 5.41) is 9.13. The summed E-state index contributed by atoms with van der Waals surface area (Å²) in [7, 11) is 3.61. The summed E-state index contributed by atoms with van der Waals surface area (Å²) in [6, 6.07) is 9.23. The molecular formula is C28H28N4O4. The van der Waals surface area contributed by atoms with Crippen LogP contribution in [-0.2, 0) is 14.1 Å². The Bertz CT molecular complexity index is 1620. The largest absolute Gasteiger partial charge is 0.483 e. The van der Waals surface area contributed by atoms with Crippen molar-refractivity contribution in [3.05, 3.63) is 81.7 Å². The van der Waals surface area contributed by atoms with E-state index in [1.165, 1.54) is 12.3 Å². The van der Waals surface area contributed by atoms with E-state index in [4.69, 9.17) is 9.84 Å². The molecule has 0 amide bonds. The number of hydrogen-bond acceptors (Lipinski definition) is 5. The number of benzene rings is 1. The molecule has 0 saturated heterocycles. The molecule has 1 aliphatic rings. The molecule has 0 aliphatic carbocycles. The summed E-state index contributed by atoms with van der Waals surface area (Å²) in [6.07, 6.45) is 5.37. The second kappa shape index (κ2) is 8.19. The molecule has 36 heavy (non-hydrogen) atoms. The number of carboxylic acids is 1. The molecule has 0 fully saturated rings. The van der Waals surface area contributed by atoms with Gasteiger partial charge in [-0.05, 0) is 66.8 Å². The van der Waals surface area contributed by atoms with Gasteiger partial charge in [-0.3, -0.25) is 14.1 Å². The van der Waals surface area contributed by atoms with Crippen LogP contribution < -0.4 is 10.4 Å². The van der Waals surface area contributed by atoms with Gasteiger partial charge in [0.2, 0.25) is 0 Å². The molecule has 0 radical (unpaired) electrons. The Kier molecular flexibility index (Phi) is 5.35. The van der Waals surface area contributed by atoms with Crippen molar-refractivity contribution in [2.24, 2.45) is 14.1 Å². The summed E-state index contributed by atoms with van der Waals surface area (Å²) in [6.45, 7) is 8.26. The quantitative estimate of drug-likeness (QED) is 0.448. The SMILES string of the molecule is CC(C)c1cc(C2=CC(C)(C)Oc3cc(-c4ccc(C(=O)O)nc4)ncc32)cc2c1n(C)c(=O)n2C. The number of ether oxygens (including phenoxy) is 1. The Hall–Kier alpha value is -4.20. The van der Waals surface area contributed by atoms with Crippen LogP contribution in [0.1, 0.15) is 60.8 Å². The zero-order valence-corrected chi connectivity index (χ0v) is 21.2. The van der Waals surface area contributed by atoms with Crippen LogP contribution in [0.3, 0.4) is 0 Å². The van der Waals surface area contributed by atoms with Crippen molar-refractivity contribution in [3.63, 3.8) is 0 Å². The summed E-state index contributed by atoms with van der Waals surface area (Å²) >= 11 is 0. The number of aryl methyl sites for hydroxylation is 2. The molecular weight excluding hydrogens is 456 g/mol. The molecule has 1 aromatic carbocycles. The molecule has 8 nitrogen and oxygen atoms in total. The summed E-state index contributed by atoms with van der Waals surface area (Å²) < 4.78 is 9.71. The molecule has 8 heteroatoms. The Morgan fingerprint density at radius 2 is 1.78 bits per heavy atom. The standard InChI is InChI=1S/C28H28N4O4/c1-15(2)18-9-17(10-23-25(18)32(6)27(35)31(23)5)19-12-28(3,4)36-24-11-22(30-14-20(19)24)16-7-8-21(26(33)34)29-13-16/h7-15H,1-6H3,(H,33,34). The highest BCUT2D eigenvalue weighted by molar-refractivity contribution is 5.91. The maximum atomic E-state index is 12.7. The van der Waals surface area contributed by atoms with Gasteiger partial charge in [0.1, 0.15) is 17.0 Å². The van der Waals surface area contributed by atoms with Crippen molar-refractivity contribution < 1.29 is 14.6 Å². The number of fused-ring (bicyclic) bond motifs is 2. The number of rotatable bonds is 4. The maximum Gasteiger partial charge on any atom is 0.354 e. The van der Waals surface area contributed by atoms with Crippen molar-refractivity contribution in [3.8, 4) is 17.0 Å². The fraction of sp³-hybridized carbons (Fsp3) is 0.286. The molecule has 184 valence electrons. The van der Waals surface area contributed by atoms with Crippen molar-refractivity contribution >= 4 is 22.6 Å². The van der Waals surface area contributed by atoms with Gasteiger partial charge in [-0.2, -0.15) is 0 Å². The lowest BCUT2D eigenvalue weighted by Gasteiger charge is -2.31. The van der Waals surface area contributed by atoms with Gasteiger partial charge in [-0.25, -0.2) is 14.6 Å². The molecule has 4 heterocycles. The van der Waals surface area contributed by atoms with Gasteiger partial charge in [0.15, 0.2) is 0 Å². The fourth-order valence-corrected chi connectivity index (χ4v) is 4.81. The highest BCUT2D eigenvalue weighted by Crippen LogP contribution is 2.42. The van der Waals surface area contributed by atoms with Crippen LogP contribution in [0.15, 0.2) is 53.6 Å². The van der Waals surface area contributed by atoms with Crippen LogP contribution in [0.25, 0.3) is 27.9 Å². The van der Waals surface area contributed by atoms with Crippen molar-refractivity contribution in [1.82, 2.24) is 19.1 Å². The van der Waals surface area contributed by atoms with E-state index >= 15 is 0 Å². The smallest absolute Gasteiger partial charge is 0.354 e. The first-order valence-corrected chi connectivity index (χ1v) is 11.8. The molecule has 5 rings (SSSR count). The predicted molar refractivity (Wildman–Crippen MR) is 138 cm³/mol. The molecule has 4 aromatic rings. The number of aromatic carboxylic acids is 1. The van der Waals surface area contributed by atoms with Crippen molar-refractivity contribution in [1.29, 1.82) is 0 Å². The Balaban J connectivity index is 1.68. The fourth-order valence-electron chi connectivity index (χ4n) is 4.81. The van der Waals surface area contributed by atoms with Gasteiger partial charge in [0, 0.05) is 43.7 Å². The monoisotopic (exact) mass is 484 g/mol. The van der Waals surface area contributed by atoms with Crippen LogP contribution in [0.5, 0.6) is 5.75 Å². The third-order valence-corrected chi connectivity index (χ3v) is 6.62. The Labute approximate surface area is 208 Å². The van der Waals surface area contributed by atoms with E-state index in [1.807, 2.05) is 27.0 Å². The summed E-state index contributed by atoms with van der Waals surface area (Å²) in [5.74, 6) is -0.179. The molecule has 3 aromatic heterocycles. The minimum absolute atomic E-state index is 0.0222. The van der Waals surface area contributed by atoms with Gasteiger partial charge >= 0.3 is 11.7 Å². The number of aromatic nitrogens is 4. The normalized spacial score (nSPS) is 14.5. The molecule has 0 atom stereocenters. The van der Waals surface area contributed by atoms with E-state index in [2.05, 4.69) is 42.0 Å². The highest BCUT2D eigenvalue weighted by Gasteiger charge is 2.29. The summed E-state index contributed by atoms with van der Waals surface area (Å²) in [4.78, 5) is 32.5. The second-order valence-electron chi connectivity index (χ2n) is 10.1. The lowest BCUT2D eigenvalue weighted by molar-refractivity contribution is 0.0690. The second-order valence-corrected chi connectivity index (χ2v) is 10.1. The lowest BCUT2D eigenvalue weighted by Crippen LogP contribution is -2.29. The van der Waals surface area contributed by atoms with Crippen molar-refractivity contribution in [2.75, 3.05) is 0 Å². The molecule has 0 saturated carbocycles. The number of imidazole rings is 1. The Morgan fingerprint density at radius 1 is 1.03 bits per heavy atom. The average molecular weight is 485 g/mol. The summed E-state index contributed by atoms with van der Waals surface area (Å²) in [5.41, 5.74) is 6.43. The topological polar surface area (TPSA) is 99.2 Å². The van der Waals surface area contributed by atoms with E-state index < -0.39 is 11.6 Å². The number of pyridine rings is 2. The van der Waals surface area contributed by atoms with Crippen LogP contribution >= 0.6 is 0 Å². The van der Waals surface area contributed by atoms with Crippen LogP contribution in [0.2, 0.25) is 0 Å². The highest BCUT2D eigenvalue weighted by atomic mass is 16.5. The van der Waals surface area contributed by atoms with Gasteiger partial charge in [0.25, 0.3) is 0 Å². The van der Waals surface area contributed by atoms with Gasteiger partial charge in [-0.1, -0.05) is 13.8 Å². The van der Waals surface area contributed by atoms with Crippen LogP contribution in [-0.4, -0.2) is 35.8 Å². The predicted octanol–water partition coefficient (Wildman–Crippen LogP) is 4.76. The van der Waals surface area contributed by atoms with E-state index in [9.17, 15) is 9.59 Å². The minimum atomic E-state index is -1.08. The van der Waals surface area contributed by atoms with Crippen LogP contribution in [0.4, 0.5) is 0 Å². The van der Waals surface area contributed by atoms with Crippen LogP contribution in [0, 0.1) is 0 Å². The third-order valence-electron chi connectivity index (χ3n) is 6.62. The first-order chi connectivity index (χ1) is 17.0. The van der Waals surface area contributed by atoms with Gasteiger partial charge in [-0.15, -0.1) is 0 Å². The number of nitrogens with zero attached hydrogens (tertiary/aromatic N) is 4. The van der Waals surface area contributed by atoms with Crippen molar-refractivity contribution in [2.45, 2.75) is 39.2 Å². The van der Waals surface area contributed by atoms with Gasteiger partial charge in [0.05, 0.1) is 16.7 Å². The van der Waals surface area contributed by atoms with E-state index in [1.54, 1.807) is 28.4 Å². The third kappa shape index (κ3) is 3.79. The first-order valence-electron chi connectivity index (χ1n) is 11.8. The molecule has 1 aliphatic heterocycles. The van der Waals surface area contributed by atoms with Gasteiger partial charge < -0.3 is 9.84 Å². The van der Waals surface area contributed by atoms with E-state index in [0.717, 1.165) is 33.3 Å².